The van der Waals surface area contributed by atoms with Gasteiger partial charge in [-0.05, 0) is 24.1 Å². The number of anilines is 1. The average Bonchev–Trinajstić information content (AvgIpc) is 2.68. The fraction of sp³-hybridized carbons (Fsp3) is 0.357. The van der Waals surface area contributed by atoms with Crippen LogP contribution in [0.25, 0.3) is 11.1 Å². The monoisotopic (exact) mass is 257 g/mol. The third-order valence-corrected chi connectivity index (χ3v) is 2.85. The van der Waals surface area contributed by atoms with Crippen molar-refractivity contribution in [3.8, 4) is 6.07 Å². The lowest BCUT2D eigenvalue weighted by molar-refractivity contribution is -0.119. The second-order valence-electron chi connectivity index (χ2n) is 4.76. The van der Waals surface area contributed by atoms with Gasteiger partial charge in [0.2, 0.25) is 5.91 Å². The second-order valence-corrected chi connectivity index (χ2v) is 4.76. The highest BCUT2D eigenvalue weighted by Crippen LogP contribution is 2.21. The molecule has 0 aliphatic carbocycles. The van der Waals surface area contributed by atoms with Crippen LogP contribution in [0.15, 0.2) is 22.6 Å². The van der Waals surface area contributed by atoms with Gasteiger partial charge in [0.05, 0.1) is 6.07 Å². The van der Waals surface area contributed by atoms with Crippen molar-refractivity contribution in [1.82, 2.24) is 4.98 Å². The number of nitrogens with zero attached hydrogens (tertiary/aromatic N) is 2. The van der Waals surface area contributed by atoms with Gasteiger partial charge in [0.1, 0.15) is 11.4 Å². The molecule has 1 aromatic carbocycles. The van der Waals surface area contributed by atoms with E-state index in [1.54, 1.807) is 25.1 Å². The molecule has 5 nitrogen and oxygen atoms in total. The SMILES string of the molecule is Cc1nc2cc(NC(=O)C(C#N)C(C)C)ccc2o1. The van der Waals surface area contributed by atoms with E-state index in [0.717, 1.165) is 0 Å². The highest BCUT2D eigenvalue weighted by Gasteiger charge is 2.21. The number of aryl methyl sites for hydroxylation is 1. The number of hydrogen-bond donors (Lipinski definition) is 1. The van der Waals surface area contributed by atoms with E-state index in [1.165, 1.54) is 0 Å². The summed E-state index contributed by atoms with van der Waals surface area (Å²) in [6.07, 6.45) is 0. The molecule has 0 saturated heterocycles. The van der Waals surface area contributed by atoms with Crippen LogP contribution >= 0.6 is 0 Å². The molecule has 0 radical (unpaired) electrons. The first-order valence-electron chi connectivity index (χ1n) is 6.09. The Kier molecular flexibility index (Phi) is 3.52. The number of carbonyl (C=O) groups excluding carboxylic acids is 1. The van der Waals surface area contributed by atoms with Crippen LogP contribution in [0.4, 0.5) is 5.69 Å². The Morgan fingerprint density at radius 1 is 1.47 bits per heavy atom. The van der Waals surface area contributed by atoms with Gasteiger partial charge in [-0.2, -0.15) is 5.26 Å². The van der Waals surface area contributed by atoms with Gasteiger partial charge >= 0.3 is 0 Å². The second kappa shape index (κ2) is 5.11. The molecular weight excluding hydrogens is 242 g/mol. The van der Waals surface area contributed by atoms with Crippen LogP contribution in [0.5, 0.6) is 0 Å². The molecule has 0 fully saturated rings. The topological polar surface area (TPSA) is 78.9 Å². The summed E-state index contributed by atoms with van der Waals surface area (Å²) in [5, 5.41) is 11.7. The van der Waals surface area contributed by atoms with Gasteiger partial charge in [0.25, 0.3) is 0 Å². The van der Waals surface area contributed by atoms with Crippen LogP contribution in [0.3, 0.4) is 0 Å². The molecule has 0 bridgehead atoms. The Labute approximate surface area is 111 Å². The largest absolute Gasteiger partial charge is 0.441 e. The Hall–Kier alpha value is -2.35. The van der Waals surface area contributed by atoms with E-state index in [4.69, 9.17) is 9.68 Å². The predicted molar refractivity (Wildman–Crippen MR) is 71.3 cm³/mol. The number of benzene rings is 1. The van der Waals surface area contributed by atoms with E-state index in [-0.39, 0.29) is 11.8 Å². The molecule has 0 aliphatic rings. The minimum absolute atomic E-state index is 0.0250. The van der Waals surface area contributed by atoms with Crippen LogP contribution in [0, 0.1) is 30.1 Å². The van der Waals surface area contributed by atoms with E-state index in [0.29, 0.717) is 22.7 Å². The Morgan fingerprint density at radius 3 is 2.84 bits per heavy atom. The number of rotatable bonds is 3. The van der Waals surface area contributed by atoms with Gasteiger partial charge < -0.3 is 9.73 Å². The molecule has 98 valence electrons. The Morgan fingerprint density at radius 2 is 2.21 bits per heavy atom. The summed E-state index contributed by atoms with van der Waals surface area (Å²) in [5.74, 6) is -0.398. The molecule has 1 unspecified atom stereocenters. The van der Waals surface area contributed by atoms with Crippen molar-refractivity contribution in [3.63, 3.8) is 0 Å². The molecule has 0 spiro atoms. The summed E-state index contributed by atoms with van der Waals surface area (Å²) < 4.78 is 5.36. The lowest BCUT2D eigenvalue weighted by Gasteiger charge is -2.12. The molecule has 1 atom stereocenters. The van der Waals surface area contributed by atoms with Crippen LogP contribution < -0.4 is 5.32 Å². The van der Waals surface area contributed by atoms with E-state index >= 15 is 0 Å². The van der Waals surface area contributed by atoms with Crippen molar-refractivity contribution in [2.45, 2.75) is 20.8 Å². The predicted octanol–water partition coefficient (Wildman–Crippen LogP) is 2.87. The average molecular weight is 257 g/mol. The zero-order chi connectivity index (χ0) is 14.0. The number of nitrogens with one attached hydrogen (secondary N) is 1. The minimum atomic E-state index is -0.658. The van der Waals surface area contributed by atoms with Gasteiger partial charge in [-0.1, -0.05) is 13.8 Å². The summed E-state index contributed by atoms with van der Waals surface area (Å²) in [6.45, 7) is 5.46. The van der Waals surface area contributed by atoms with Crippen molar-refractivity contribution in [1.29, 1.82) is 5.26 Å². The molecule has 1 amide bonds. The smallest absolute Gasteiger partial charge is 0.241 e. The fourth-order valence-corrected chi connectivity index (χ4v) is 1.85. The lowest BCUT2D eigenvalue weighted by atomic mass is 9.96. The normalized spacial score (nSPS) is 12.4. The van der Waals surface area contributed by atoms with Gasteiger partial charge in [-0.25, -0.2) is 4.98 Å². The van der Waals surface area contributed by atoms with E-state index in [2.05, 4.69) is 10.3 Å². The number of nitriles is 1. The zero-order valence-corrected chi connectivity index (χ0v) is 11.1. The summed E-state index contributed by atoms with van der Waals surface area (Å²) in [5.41, 5.74) is 1.98. The summed E-state index contributed by atoms with van der Waals surface area (Å²) in [4.78, 5) is 16.1. The minimum Gasteiger partial charge on any atom is -0.441 e. The maximum Gasteiger partial charge on any atom is 0.241 e. The molecule has 1 aromatic heterocycles. The summed E-state index contributed by atoms with van der Waals surface area (Å²) in [7, 11) is 0. The fourth-order valence-electron chi connectivity index (χ4n) is 1.85. The van der Waals surface area contributed by atoms with Crippen molar-refractivity contribution in [2.75, 3.05) is 5.32 Å². The van der Waals surface area contributed by atoms with Crippen molar-refractivity contribution in [3.05, 3.63) is 24.1 Å². The van der Waals surface area contributed by atoms with Gasteiger partial charge in [-0.3, -0.25) is 4.79 Å². The third kappa shape index (κ3) is 2.74. The highest BCUT2D eigenvalue weighted by molar-refractivity contribution is 5.95. The number of aromatic nitrogens is 1. The van der Waals surface area contributed by atoms with Crippen LogP contribution in [-0.2, 0) is 4.79 Å². The summed E-state index contributed by atoms with van der Waals surface area (Å²) >= 11 is 0. The van der Waals surface area contributed by atoms with E-state index < -0.39 is 5.92 Å². The number of amides is 1. The molecule has 19 heavy (non-hydrogen) atoms. The molecule has 0 saturated carbocycles. The number of oxazole rings is 1. The van der Waals surface area contributed by atoms with Crippen LogP contribution in [0.1, 0.15) is 19.7 Å². The van der Waals surface area contributed by atoms with Crippen molar-refractivity contribution < 1.29 is 9.21 Å². The molecule has 2 aromatic rings. The van der Waals surface area contributed by atoms with Crippen molar-refractivity contribution in [2.24, 2.45) is 11.8 Å². The Balaban J connectivity index is 2.21. The van der Waals surface area contributed by atoms with Gasteiger partial charge in [0.15, 0.2) is 11.5 Å². The molecule has 1 heterocycles. The maximum absolute atomic E-state index is 11.9. The number of carbonyl (C=O) groups is 1. The number of fused-ring (bicyclic) bond motifs is 1. The molecule has 0 aliphatic heterocycles. The third-order valence-electron chi connectivity index (χ3n) is 2.85. The standard InChI is InChI=1S/C14H15N3O2/c1-8(2)11(7-15)14(18)17-10-4-5-13-12(6-10)16-9(3)19-13/h4-6,8,11H,1-3H3,(H,17,18). The highest BCUT2D eigenvalue weighted by atomic mass is 16.3. The molecule has 5 heteroatoms. The quantitative estimate of drug-likeness (QED) is 0.916. The molecule has 1 N–H and O–H groups in total. The maximum atomic E-state index is 11.9. The van der Waals surface area contributed by atoms with E-state index in [9.17, 15) is 4.79 Å². The van der Waals surface area contributed by atoms with E-state index in [1.807, 2.05) is 19.9 Å². The first-order chi connectivity index (χ1) is 9.01. The first kappa shape index (κ1) is 13.1. The number of hydrogen-bond acceptors (Lipinski definition) is 4. The lowest BCUT2D eigenvalue weighted by Crippen LogP contribution is -2.25. The Bertz CT molecular complexity index is 652. The van der Waals surface area contributed by atoms with Crippen LogP contribution in [-0.4, -0.2) is 10.9 Å². The zero-order valence-electron chi connectivity index (χ0n) is 11.1. The first-order valence-corrected chi connectivity index (χ1v) is 6.09. The van der Waals surface area contributed by atoms with Crippen molar-refractivity contribution >= 4 is 22.7 Å². The molecule has 2 rings (SSSR count). The summed E-state index contributed by atoms with van der Waals surface area (Å²) in [6, 6.07) is 7.24. The van der Waals surface area contributed by atoms with Crippen LogP contribution in [0.2, 0.25) is 0 Å². The van der Waals surface area contributed by atoms with Gasteiger partial charge in [-0.15, -0.1) is 0 Å². The molecular formula is C14H15N3O2. The van der Waals surface area contributed by atoms with Gasteiger partial charge in [0, 0.05) is 12.6 Å².